The molecule has 0 radical (unpaired) electrons. The third kappa shape index (κ3) is 2.44. The van der Waals surface area contributed by atoms with Crippen LogP contribution in [-0.4, -0.2) is 26.4 Å². The van der Waals surface area contributed by atoms with Crippen molar-refractivity contribution in [2.24, 2.45) is 0 Å². The number of aromatic nitrogens is 1. The second kappa shape index (κ2) is 6.11. The number of phenolic OH excluding ortho intramolecular Hbond substituents is 2. The second-order valence-electron chi connectivity index (χ2n) is 6.13. The first-order valence-electron chi connectivity index (χ1n) is 8.15. The minimum absolute atomic E-state index is 0.0659. The smallest absolute Gasteiger partial charge is 0.235 e. The largest absolute Gasteiger partial charge is 0.508 e. The van der Waals surface area contributed by atoms with Gasteiger partial charge in [-0.2, -0.15) is 0 Å². The van der Waals surface area contributed by atoms with Crippen molar-refractivity contribution < 1.29 is 19.7 Å². The molecule has 0 atom stereocenters. The summed E-state index contributed by atoms with van der Waals surface area (Å²) in [5.74, 6) is -0.131. The second-order valence-corrected chi connectivity index (χ2v) is 6.51. The lowest BCUT2D eigenvalue weighted by Crippen LogP contribution is -2.02. The van der Waals surface area contributed by atoms with E-state index in [2.05, 4.69) is 4.57 Å². The topological polar surface area (TPSA) is 71.7 Å². The zero-order chi connectivity index (χ0) is 18.4. The highest BCUT2D eigenvalue weighted by Crippen LogP contribution is 2.41. The van der Waals surface area contributed by atoms with E-state index in [1.54, 1.807) is 6.08 Å². The van der Waals surface area contributed by atoms with Crippen molar-refractivity contribution in [1.82, 2.24) is 4.57 Å². The number of aromatic hydroxyl groups is 2. The lowest BCUT2D eigenvalue weighted by atomic mass is 10.1. The van der Waals surface area contributed by atoms with Gasteiger partial charge in [0.15, 0.2) is 5.76 Å². The molecule has 0 saturated heterocycles. The SMILES string of the molecule is Cc1c(C=C2Oc3cc(O)cc(O)c3C2=O)c2ccccc2n1CCCl. The maximum atomic E-state index is 12.7. The summed E-state index contributed by atoms with van der Waals surface area (Å²) in [5.41, 5.74) is 2.93. The molecule has 1 aromatic heterocycles. The van der Waals surface area contributed by atoms with Gasteiger partial charge in [-0.25, -0.2) is 0 Å². The predicted octanol–water partition coefficient (Wildman–Crippen LogP) is 4.22. The molecule has 2 aromatic carbocycles. The van der Waals surface area contributed by atoms with Gasteiger partial charge in [-0.3, -0.25) is 4.79 Å². The van der Waals surface area contributed by atoms with Gasteiger partial charge in [-0.05, 0) is 19.1 Å². The summed E-state index contributed by atoms with van der Waals surface area (Å²) < 4.78 is 7.72. The van der Waals surface area contributed by atoms with Gasteiger partial charge in [0.25, 0.3) is 0 Å². The highest BCUT2D eigenvalue weighted by atomic mass is 35.5. The van der Waals surface area contributed by atoms with E-state index < -0.39 is 5.78 Å². The van der Waals surface area contributed by atoms with Crippen molar-refractivity contribution in [3.05, 3.63) is 59.0 Å². The van der Waals surface area contributed by atoms with Gasteiger partial charge in [0, 0.05) is 46.7 Å². The monoisotopic (exact) mass is 369 g/mol. The molecule has 1 aliphatic heterocycles. The van der Waals surface area contributed by atoms with Gasteiger partial charge in [0.1, 0.15) is 22.8 Å². The average molecular weight is 370 g/mol. The van der Waals surface area contributed by atoms with Crippen molar-refractivity contribution in [3.63, 3.8) is 0 Å². The molecule has 0 bridgehead atoms. The molecule has 0 fully saturated rings. The zero-order valence-corrected chi connectivity index (χ0v) is 14.7. The lowest BCUT2D eigenvalue weighted by Gasteiger charge is -2.05. The molecule has 3 aromatic rings. The van der Waals surface area contributed by atoms with Crippen LogP contribution in [0.5, 0.6) is 17.2 Å². The molecule has 2 N–H and O–H groups in total. The predicted molar refractivity (Wildman–Crippen MR) is 100 cm³/mol. The lowest BCUT2D eigenvalue weighted by molar-refractivity contribution is 0.101. The maximum Gasteiger partial charge on any atom is 0.235 e. The summed E-state index contributed by atoms with van der Waals surface area (Å²) >= 11 is 5.94. The van der Waals surface area contributed by atoms with Crippen LogP contribution in [0.15, 0.2) is 42.2 Å². The Bertz CT molecular complexity index is 1080. The quantitative estimate of drug-likeness (QED) is 0.535. The van der Waals surface area contributed by atoms with Crippen molar-refractivity contribution in [1.29, 1.82) is 0 Å². The maximum absolute atomic E-state index is 12.7. The average Bonchev–Trinajstić information content (AvgIpc) is 3.05. The van der Waals surface area contributed by atoms with E-state index in [1.165, 1.54) is 6.07 Å². The van der Waals surface area contributed by atoms with E-state index in [9.17, 15) is 15.0 Å². The number of ketones is 1. The van der Waals surface area contributed by atoms with Crippen LogP contribution in [0.1, 0.15) is 21.6 Å². The van der Waals surface area contributed by atoms with E-state index in [-0.39, 0.29) is 28.6 Å². The first kappa shape index (κ1) is 16.5. The van der Waals surface area contributed by atoms with Crippen molar-refractivity contribution >= 4 is 34.4 Å². The Morgan fingerprint density at radius 2 is 2.00 bits per heavy atom. The number of rotatable bonds is 3. The summed E-state index contributed by atoms with van der Waals surface area (Å²) in [5, 5.41) is 20.5. The molecule has 0 spiro atoms. The zero-order valence-electron chi connectivity index (χ0n) is 14.0. The molecular formula is C20H16ClNO4. The number of ether oxygens (including phenoxy) is 1. The molecule has 2 heterocycles. The third-order valence-corrected chi connectivity index (χ3v) is 4.77. The van der Waals surface area contributed by atoms with Crippen LogP contribution in [0.25, 0.3) is 17.0 Å². The minimum Gasteiger partial charge on any atom is -0.508 e. The number of carbonyl (C=O) groups is 1. The number of nitrogens with zero attached hydrogens (tertiary/aromatic N) is 1. The van der Waals surface area contributed by atoms with E-state index in [4.69, 9.17) is 16.3 Å². The Kier molecular flexibility index (Phi) is 3.89. The number of fused-ring (bicyclic) bond motifs is 2. The molecule has 0 unspecified atom stereocenters. The van der Waals surface area contributed by atoms with Crippen LogP contribution in [0.4, 0.5) is 0 Å². The van der Waals surface area contributed by atoms with Crippen LogP contribution in [0, 0.1) is 6.92 Å². The molecule has 0 saturated carbocycles. The number of Topliss-reactive ketones (excluding diaryl/α,β-unsaturated/α-hetero) is 1. The summed E-state index contributed by atoms with van der Waals surface area (Å²) in [4.78, 5) is 12.7. The van der Waals surface area contributed by atoms with Crippen LogP contribution >= 0.6 is 11.6 Å². The molecule has 0 amide bonds. The van der Waals surface area contributed by atoms with Crippen molar-refractivity contribution in [3.8, 4) is 17.2 Å². The Labute approximate surface area is 154 Å². The van der Waals surface area contributed by atoms with Gasteiger partial charge in [0.2, 0.25) is 5.78 Å². The van der Waals surface area contributed by atoms with E-state index in [1.807, 2.05) is 31.2 Å². The number of halogens is 1. The number of para-hydroxylation sites is 1. The molecular weight excluding hydrogens is 354 g/mol. The number of alkyl halides is 1. The third-order valence-electron chi connectivity index (χ3n) is 4.60. The molecule has 4 rings (SSSR count). The summed E-state index contributed by atoms with van der Waals surface area (Å²) in [7, 11) is 0. The number of carbonyl (C=O) groups excluding carboxylic acids is 1. The van der Waals surface area contributed by atoms with Crippen LogP contribution in [0.2, 0.25) is 0 Å². The number of phenols is 2. The first-order valence-corrected chi connectivity index (χ1v) is 8.68. The van der Waals surface area contributed by atoms with Gasteiger partial charge >= 0.3 is 0 Å². The normalized spacial score (nSPS) is 14.8. The fraction of sp³-hybridized carbons (Fsp3) is 0.150. The Morgan fingerprint density at radius 3 is 2.77 bits per heavy atom. The van der Waals surface area contributed by atoms with Crippen LogP contribution < -0.4 is 4.74 Å². The number of allylic oxidation sites excluding steroid dienone is 1. The van der Waals surface area contributed by atoms with Crippen molar-refractivity contribution in [2.75, 3.05) is 5.88 Å². The molecule has 6 heteroatoms. The van der Waals surface area contributed by atoms with Gasteiger partial charge in [0.05, 0.1) is 0 Å². The molecule has 1 aliphatic rings. The molecule has 26 heavy (non-hydrogen) atoms. The number of benzene rings is 2. The minimum atomic E-state index is -0.411. The summed E-state index contributed by atoms with van der Waals surface area (Å²) in [6.45, 7) is 2.62. The van der Waals surface area contributed by atoms with Gasteiger partial charge < -0.3 is 19.5 Å². The molecule has 132 valence electrons. The van der Waals surface area contributed by atoms with E-state index >= 15 is 0 Å². The Morgan fingerprint density at radius 1 is 1.23 bits per heavy atom. The summed E-state index contributed by atoms with van der Waals surface area (Å²) in [6.07, 6.45) is 1.68. The molecule has 5 nitrogen and oxygen atoms in total. The van der Waals surface area contributed by atoms with Crippen molar-refractivity contribution in [2.45, 2.75) is 13.5 Å². The summed E-state index contributed by atoms with van der Waals surface area (Å²) in [6, 6.07) is 10.3. The Hall–Kier alpha value is -2.92. The molecule has 0 aliphatic carbocycles. The standard InChI is InChI=1S/C20H16ClNO4/c1-11-14(13-4-2-3-5-15(13)22(11)7-6-21)10-18-20(25)19-16(24)8-12(23)9-17(19)26-18/h2-5,8-10,23-24H,6-7H2,1H3. The highest BCUT2D eigenvalue weighted by molar-refractivity contribution is 6.18. The number of aryl methyl sites for hydroxylation is 1. The van der Waals surface area contributed by atoms with Gasteiger partial charge in [-0.1, -0.05) is 18.2 Å². The van der Waals surface area contributed by atoms with E-state index in [0.29, 0.717) is 12.4 Å². The van der Waals surface area contributed by atoms with E-state index in [0.717, 1.165) is 28.2 Å². The fourth-order valence-electron chi connectivity index (χ4n) is 3.42. The highest BCUT2D eigenvalue weighted by Gasteiger charge is 2.31. The van der Waals surface area contributed by atoms with Crippen LogP contribution in [-0.2, 0) is 6.54 Å². The fourth-order valence-corrected chi connectivity index (χ4v) is 3.59. The Balaban J connectivity index is 1.87. The number of hydrogen-bond acceptors (Lipinski definition) is 4. The first-order chi connectivity index (χ1) is 12.5. The number of hydrogen-bond donors (Lipinski definition) is 2. The van der Waals surface area contributed by atoms with Crippen LogP contribution in [0.3, 0.4) is 0 Å². The van der Waals surface area contributed by atoms with Gasteiger partial charge in [-0.15, -0.1) is 11.6 Å².